The maximum absolute atomic E-state index is 12.8. The highest BCUT2D eigenvalue weighted by Gasteiger charge is 2.25. The summed E-state index contributed by atoms with van der Waals surface area (Å²) in [4.78, 5) is 20.3. The Morgan fingerprint density at radius 1 is 1.14 bits per heavy atom. The van der Waals surface area contributed by atoms with Crippen LogP contribution in [0.3, 0.4) is 0 Å². The maximum atomic E-state index is 12.8. The lowest BCUT2D eigenvalue weighted by atomic mass is 10.1. The Morgan fingerprint density at radius 3 is 2.34 bits per heavy atom. The molecule has 1 saturated heterocycles. The number of aromatic nitrogens is 1. The summed E-state index contributed by atoms with van der Waals surface area (Å²) in [5, 5.41) is 0. The highest BCUT2D eigenvalue weighted by molar-refractivity contribution is 7.89. The number of nitrogens with one attached hydrogen (secondary N) is 2. The number of carbonyl (C=O) groups is 1. The Labute approximate surface area is 172 Å². The average Bonchev–Trinajstić information content (AvgIpc) is 2.74. The summed E-state index contributed by atoms with van der Waals surface area (Å²) in [6.45, 7) is 7.84. The van der Waals surface area contributed by atoms with Gasteiger partial charge < -0.3 is 9.80 Å². The Hall–Kier alpha value is -2.29. The maximum Gasteiger partial charge on any atom is 0.254 e. The Bertz CT molecular complexity index is 909. The van der Waals surface area contributed by atoms with Crippen molar-refractivity contribution in [2.24, 2.45) is 0 Å². The summed E-state index contributed by atoms with van der Waals surface area (Å²) < 4.78 is 27.3. The van der Waals surface area contributed by atoms with Crippen LogP contribution in [0, 0.1) is 0 Å². The lowest BCUT2D eigenvalue weighted by molar-refractivity contribution is -0.917. The summed E-state index contributed by atoms with van der Waals surface area (Å²) in [5.41, 5.74) is 1.77. The zero-order valence-corrected chi connectivity index (χ0v) is 17.8. The van der Waals surface area contributed by atoms with Crippen molar-refractivity contribution in [3.8, 4) is 0 Å². The molecule has 1 aromatic carbocycles. The van der Waals surface area contributed by atoms with Gasteiger partial charge >= 0.3 is 0 Å². The van der Waals surface area contributed by atoms with E-state index in [1.54, 1.807) is 24.5 Å². The largest absolute Gasteiger partial charge is 0.328 e. The van der Waals surface area contributed by atoms with Crippen LogP contribution in [0.2, 0.25) is 0 Å². The number of hydrogen-bond acceptors (Lipinski definition) is 4. The smallest absolute Gasteiger partial charge is 0.254 e. The second-order valence-electron chi connectivity index (χ2n) is 7.53. The lowest BCUT2D eigenvalue weighted by Gasteiger charge is -2.32. The Morgan fingerprint density at radius 2 is 1.76 bits per heavy atom. The molecular formula is C21H29N4O3S+. The number of nitrogens with zero attached hydrogens (tertiary/aromatic N) is 2. The molecule has 29 heavy (non-hydrogen) atoms. The van der Waals surface area contributed by atoms with E-state index in [9.17, 15) is 13.2 Å². The van der Waals surface area contributed by atoms with E-state index in [0.717, 1.165) is 19.6 Å². The monoisotopic (exact) mass is 417 g/mol. The van der Waals surface area contributed by atoms with Crippen LogP contribution in [0.25, 0.3) is 0 Å². The summed E-state index contributed by atoms with van der Waals surface area (Å²) in [5.74, 6) is -0.0493. The number of quaternary nitrogens is 1. The van der Waals surface area contributed by atoms with Crippen LogP contribution >= 0.6 is 0 Å². The van der Waals surface area contributed by atoms with Gasteiger partial charge in [-0.25, -0.2) is 13.1 Å². The van der Waals surface area contributed by atoms with Crippen molar-refractivity contribution in [2.75, 3.05) is 26.2 Å². The zero-order valence-electron chi connectivity index (χ0n) is 17.0. The summed E-state index contributed by atoms with van der Waals surface area (Å²) in [7, 11) is -3.56. The van der Waals surface area contributed by atoms with Crippen molar-refractivity contribution < 1.29 is 18.1 Å². The van der Waals surface area contributed by atoms with Crippen molar-refractivity contribution in [1.29, 1.82) is 0 Å². The van der Waals surface area contributed by atoms with Gasteiger partial charge in [0.15, 0.2) is 0 Å². The molecule has 1 aliphatic heterocycles. The van der Waals surface area contributed by atoms with Crippen molar-refractivity contribution >= 4 is 15.9 Å². The van der Waals surface area contributed by atoms with E-state index >= 15 is 0 Å². The predicted molar refractivity (Wildman–Crippen MR) is 111 cm³/mol. The molecule has 3 rings (SSSR count). The predicted octanol–water partition coefficient (Wildman–Crippen LogP) is 0.699. The third-order valence-electron chi connectivity index (χ3n) is 5.34. The van der Waals surface area contributed by atoms with Gasteiger partial charge in [0, 0.05) is 29.6 Å². The van der Waals surface area contributed by atoms with E-state index in [2.05, 4.69) is 9.71 Å². The van der Waals surface area contributed by atoms with Crippen molar-refractivity contribution in [3.05, 3.63) is 59.9 Å². The van der Waals surface area contributed by atoms with Gasteiger partial charge in [-0.1, -0.05) is 6.92 Å². The summed E-state index contributed by atoms with van der Waals surface area (Å²) >= 11 is 0. The molecule has 8 heteroatoms. The third kappa shape index (κ3) is 5.62. The molecule has 1 aromatic heterocycles. The number of sulfonamides is 1. The van der Waals surface area contributed by atoms with E-state index in [1.165, 1.54) is 22.6 Å². The molecule has 0 spiro atoms. The minimum atomic E-state index is -3.56. The lowest BCUT2D eigenvalue weighted by Crippen LogP contribution is -3.13. The molecule has 1 fully saturated rings. The molecule has 0 saturated carbocycles. The van der Waals surface area contributed by atoms with E-state index in [1.807, 2.05) is 30.9 Å². The molecule has 2 N–H and O–H groups in total. The van der Waals surface area contributed by atoms with E-state index < -0.39 is 10.0 Å². The molecule has 1 amide bonds. The Kier molecular flexibility index (Phi) is 7.00. The normalized spacial score (nSPS) is 16.6. The van der Waals surface area contributed by atoms with Gasteiger partial charge in [0.2, 0.25) is 10.0 Å². The molecule has 0 radical (unpaired) electrons. The minimum Gasteiger partial charge on any atom is -0.328 e. The van der Waals surface area contributed by atoms with Crippen LogP contribution < -0.4 is 9.62 Å². The standard InChI is InChI=1S/C21H28N4O3S/c1-3-17(2)23-29(27,28)20-6-4-19(5-7-20)21(26)25-14-12-24(13-15-25)16-18-8-10-22-11-9-18/h4-11,17,23H,3,12-16H2,1-2H3/p+1/t17-/m1/s1. The van der Waals surface area contributed by atoms with Gasteiger partial charge in [0.25, 0.3) is 5.91 Å². The fraction of sp³-hybridized carbons (Fsp3) is 0.429. The van der Waals surface area contributed by atoms with Crippen LogP contribution in [0.5, 0.6) is 0 Å². The zero-order chi connectivity index (χ0) is 20.9. The van der Waals surface area contributed by atoms with E-state index in [-0.39, 0.29) is 16.8 Å². The number of amides is 1. The van der Waals surface area contributed by atoms with Gasteiger partial charge in [-0.05, 0) is 49.7 Å². The highest BCUT2D eigenvalue weighted by atomic mass is 32.2. The number of pyridine rings is 1. The van der Waals surface area contributed by atoms with E-state index in [4.69, 9.17) is 0 Å². The molecule has 156 valence electrons. The second kappa shape index (κ2) is 9.47. The number of carbonyl (C=O) groups excluding carboxylic acids is 1. The first-order valence-electron chi connectivity index (χ1n) is 10.0. The molecule has 1 aliphatic rings. The molecule has 2 heterocycles. The molecule has 7 nitrogen and oxygen atoms in total. The first-order chi connectivity index (χ1) is 13.9. The molecule has 0 unspecified atom stereocenters. The van der Waals surface area contributed by atoms with Gasteiger partial charge in [-0.3, -0.25) is 9.78 Å². The van der Waals surface area contributed by atoms with Gasteiger partial charge in [-0.2, -0.15) is 0 Å². The minimum absolute atomic E-state index is 0.0493. The van der Waals surface area contributed by atoms with E-state index in [0.29, 0.717) is 25.1 Å². The first-order valence-corrected chi connectivity index (χ1v) is 11.5. The first kappa shape index (κ1) is 21.4. The number of piperazine rings is 1. The average molecular weight is 418 g/mol. The molecule has 0 aliphatic carbocycles. The highest BCUT2D eigenvalue weighted by Crippen LogP contribution is 2.13. The van der Waals surface area contributed by atoms with Crippen molar-refractivity contribution in [2.45, 2.75) is 37.8 Å². The van der Waals surface area contributed by atoms with Crippen molar-refractivity contribution in [1.82, 2.24) is 14.6 Å². The summed E-state index contributed by atoms with van der Waals surface area (Å²) in [6.07, 6.45) is 4.32. The molecule has 1 atom stereocenters. The number of hydrogen-bond donors (Lipinski definition) is 2. The van der Waals surface area contributed by atoms with Crippen LogP contribution in [-0.4, -0.2) is 56.4 Å². The molecule has 0 bridgehead atoms. The van der Waals surface area contributed by atoms with Crippen molar-refractivity contribution in [3.63, 3.8) is 0 Å². The fourth-order valence-electron chi connectivity index (χ4n) is 3.37. The summed E-state index contributed by atoms with van der Waals surface area (Å²) in [6, 6.07) is 10.1. The van der Waals surface area contributed by atoms with Gasteiger partial charge in [0.05, 0.1) is 31.1 Å². The SMILES string of the molecule is CC[C@@H](C)NS(=O)(=O)c1ccc(C(=O)N2CC[NH+](Cc3ccncc3)CC2)cc1. The van der Waals surface area contributed by atoms with Crippen LogP contribution in [0.15, 0.2) is 53.7 Å². The van der Waals surface area contributed by atoms with Crippen LogP contribution in [-0.2, 0) is 16.6 Å². The number of rotatable bonds is 7. The Balaban J connectivity index is 1.57. The quantitative estimate of drug-likeness (QED) is 0.695. The van der Waals surface area contributed by atoms with Gasteiger partial charge in [0.1, 0.15) is 6.54 Å². The topological polar surface area (TPSA) is 83.8 Å². The second-order valence-corrected chi connectivity index (χ2v) is 9.24. The van der Waals surface area contributed by atoms with Crippen LogP contribution in [0.4, 0.5) is 0 Å². The van der Waals surface area contributed by atoms with Gasteiger partial charge in [-0.15, -0.1) is 0 Å². The fourth-order valence-corrected chi connectivity index (χ4v) is 4.69. The van der Waals surface area contributed by atoms with Crippen LogP contribution in [0.1, 0.15) is 36.2 Å². The third-order valence-corrected chi connectivity index (χ3v) is 6.95. The molecular weight excluding hydrogens is 388 g/mol. The molecule has 2 aromatic rings. The number of benzene rings is 1.